The molecule has 0 bridgehead atoms. The summed E-state index contributed by atoms with van der Waals surface area (Å²) in [6.45, 7) is 2.16. The summed E-state index contributed by atoms with van der Waals surface area (Å²) in [5, 5.41) is 0. The molecule has 0 fully saturated rings. The van der Waals surface area contributed by atoms with Crippen LogP contribution in [0.3, 0.4) is 0 Å². The van der Waals surface area contributed by atoms with Crippen molar-refractivity contribution in [2.24, 2.45) is 0 Å². The molecule has 1 heterocycles. The number of carbonyl (C=O) groups excluding carboxylic acids is 1. The molecule has 1 atom stereocenters. The Kier molecular flexibility index (Phi) is 7.05. The first kappa shape index (κ1) is 16.9. The van der Waals surface area contributed by atoms with Crippen LogP contribution in [0.15, 0.2) is 60.8 Å². The van der Waals surface area contributed by atoms with E-state index in [9.17, 15) is 4.79 Å². The lowest BCUT2D eigenvalue weighted by Gasteiger charge is -2.14. The number of esters is 1. The molecule has 3 nitrogen and oxygen atoms in total. The van der Waals surface area contributed by atoms with Crippen LogP contribution in [-0.2, 0) is 4.74 Å². The van der Waals surface area contributed by atoms with Crippen molar-refractivity contribution in [2.45, 2.75) is 38.7 Å². The van der Waals surface area contributed by atoms with Crippen molar-refractivity contribution in [3.63, 3.8) is 0 Å². The number of benzene rings is 1. The summed E-state index contributed by atoms with van der Waals surface area (Å²) in [7, 11) is 0. The summed E-state index contributed by atoms with van der Waals surface area (Å²) in [5.41, 5.74) is 1.45. The van der Waals surface area contributed by atoms with E-state index in [-0.39, 0.29) is 12.1 Å². The highest BCUT2D eigenvalue weighted by Gasteiger charge is 2.14. The van der Waals surface area contributed by atoms with Gasteiger partial charge in [-0.15, -0.1) is 0 Å². The number of hydrogen-bond donors (Lipinski definition) is 0. The van der Waals surface area contributed by atoms with E-state index in [0.717, 1.165) is 31.2 Å². The maximum absolute atomic E-state index is 12.2. The molecule has 1 unspecified atom stereocenters. The number of pyridine rings is 1. The van der Waals surface area contributed by atoms with Crippen molar-refractivity contribution in [1.29, 1.82) is 0 Å². The van der Waals surface area contributed by atoms with Gasteiger partial charge >= 0.3 is 5.97 Å². The SMILES string of the molecule is CCCCCC(/C=C/c1ccccc1)OC(=O)c1ccccn1. The number of ether oxygens (including phenoxy) is 1. The van der Waals surface area contributed by atoms with Crippen LogP contribution in [-0.4, -0.2) is 17.1 Å². The van der Waals surface area contributed by atoms with Crippen LogP contribution in [0, 0.1) is 0 Å². The van der Waals surface area contributed by atoms with Crippen molar-refractivity contribution in [1.82, 2.24) is 4.98 Å². The number of unbranched alkanes of at least 4 members (excludes halogenated alkanes) is 2. The molecule has 2 aromatic rings. The second-order valence-electron chi connectivity index (χ2n) is 5.42. The highest BCUT2D eigenvalue weighted by molar-refractivity contribution is 5.87. The molecule has 0 amide bonds. The Bertz CT molecular complexity index is 608. The molecule has 0 aliphatic carbocycles. The lowest BCUT2D eigenvalue weighted by molar-refractivity contribution is 0.0370. The van der Waals surface area contributed by atoms with Gasteiger partial charge in [-0.25, -0.2) is 9.78 Å². The summed E-state index contributed by atoms with van der Waals surface area (Å²) in [5.74, 6) is -0.371. The number of rotatable bonds is 8. The minimum Gasteiger partial charge on any atom is -0.453 e. The highest BCUT2D eigenvalue weighted by Crippen LogP contribution is 2.13. The molecule has 0 saturated heterocycles. The fourth-order valence-corrected chi connectivity index (χ4v) is 2.25. The van der Waals surface area contributed by atoms with Gasteiger partial charge in [-0.05, 0) is 36.6 Å². The van der Waals surface area contributed by atoms with Crippen LogP contribution < -0.4 is 0 Å². The van der Waals surface area contributed by atoms with Crippen LogP contribution in [0.1, 0.15) is 48.7 Å². The third-order valence-electron chi connectivity index (χ3n) is 3.53. The molecule has 1 aromatic carbocycles. The second-order valence-corrected chi connectivity index (χ2v) is 5.42. The number of nitrogens with zero attached hydrogens (tertiary/aromatic N) is 1. The molecule has 0 aliphatic heterocycles. The summed E-state index contributed by atoms with van der Waals surface area (Å²) in [6, 6.07) is 15.3. The smallest absolute Gasteiger partial charge is 0.357 e. The number of carbonyl (C=O) groups is 1. The van der Waals surface area contributed by atoms with E-state index in [0.29, 0.717) is 5.69 Å². The van der Waals surface area contributed by atoms with Crippen molar-refractivity contribution in [3.05, 3.63) is 72.1 Å². The van der Waals surface area contributed by atoms with Gasteiger partial charge in [-0.1, -0.05) is 62.2 Å². The minimum atomic E-state index is -0.371. The Morgan fingerprint density at radius 3 is 2.61 bits per heavy atom. The van der Waals surface area contributed by atoms with Crippen molar-refractivity contribution < 1.29 is 9.53 Å². The first-order chi connectivity index (χ1) is 11.3. The van der Waals surface area contributed by atoms with Gasteiger partial charge in [0.1, 0.15) is 11.8 Å². The van der Waals surface area contributed by atoms with Crippen LogP contribution >= 0.6 is 0 Å². The average Bonchev–Trinajstić information content (AvgIpc) is 2.61. The molecular weight excluding hydrogens is 286 g/mol. The largest absolute Gasteiger partial charge is 0.453 e. The topological polar surface area (TPSA) is 39.2 Å². The third kappa shape index (κ3) is 6.07. The summed E-state index contributed by atoms with van der Waals surface area (Å²) in [6.07, 6.45) is 9.48. The number of hydrogen-bond acceptors (Lipinski definition) is 3. The van der Waals surface area contributed by atoms with E-state index in [1.165, 1.54) is 0 Å². The molecule has 23 heavy (non-hydrogen) atoms. The Hall–Kier alpha value is -2.42. The fraction of sp³-hybridized carbons (Fsp3) is 0.300. The molecule has 120 valence electrons. The molecular formula is C20H23NO2. The molecule has 0 saturated carbocycles. The van der Waals surface area contributed by atoms with E-state index in [1.54, 1.807) is 24.4 Å². The van der Waals surface area contributed by atoms with Crippen LogP contribution in [0.2, 0.25) is 0 Å². The van der Waals surface area contributed by atoms with Gasteiger partial charge in [0.05, 0.1) is 0 Å². The Morgan fingerprint density at radius 1 is 1.13 bits per heavy atom. The monoisotopic (exact) mass is 309 g/mol. The molecule has 3 heteroatoms. The van der Waals surface area contributed by atoms with Gasteiger partial charge in [-0.2, -0.15) is 0 Å². The predicted molar refractivity (Wildman–Crippen MR) is 93.1 cm³/mol. The van der Waals surface area contributed by atoms with Gasteiger partial charge in [0.15, 0.2) is 0 Å². The van der Waals surface area contributed by atoms with Crippen molar-refractivity contribution >= 4 is 12.0 Å². The molecule has 1 aromatic heterocycles. The normalized spacial score (nSPS) is 12.2. The lowest BCUT2D eigenvalue weighted by Crippen LogP contribution is -2.17. The third-order valence-corrected chi connectivity index (χ3v) is 3.53. The molecule has 0 radical (unpaired) electrons. The van der Waals surface area contributed by atoms with E-state index < -0.39 is 0 Å². The first-order valence-corrected chi connectivity index (χ1v) is 8.15. The Labute approximate surface area is 138 Å². The number of aromatic nitrogens is 1. The average molecular weight is 309 g/mol. The van der Waals surface area contributed by atoms with Crippen LogP contribution in [0.25, 0.3) is 6.08 Å². The summed E-state index contributed by atoms with van der Waals surface area (Å²) in [4.78, 5) is 16.2. The van der Waals surface area contributed by atoms with Gasteiger partial charge in [0.2, 0.25) is 0 Å². The van der Waals surface area contributed by atoms with E-state index in [2.05, 4.69) is 11.9 Å². The first-order valence-electron chi connectivity index (χ1n) is 8.15. The molecule has 0 spiro atoms. The van der Waals surface area contributed by atoms with Crippen LogP contribution in [0.4, 0.5) is 0 Å². The zero-order valence-electron chi connectivity index (χ0n) is 13.5. The Morgan fingerprint density at radius 2 is 1.91 bits per heavy atom. The lowest BCUT2D eigenvalue weighted by atomic mass is 10.1. The van der Waals surface area contributed by atoms with E-state index in [4.69, 9.17) is 4.74 Å². The second kappa shape index (κ2) is 9.57. The quantitative estimate of drug-likeness (QED) is 0.514. The predicted octanol–water partition coefficient (Wildman–Crippen LogP) is 4.90. The minimum absolute atomic E-state index is 0.226. The van der Waals surface area contributed by atoms with Gasteiger partial charge in [-0.3, -0.25) is 0 Å². The van der Waals surface area contributed by atoms with Crippen molar-refractivity contribution in [3.8, 4) is 0 Å². The van der Waals surface area contributed by atoms with E-state index >= 15 is 0 Å². The Balaban J connectivity index is 2.01. The maximum atomic E-state index is 12.2. The summed E-state index contributed by atoms with van der Waals surface area (Å²) >= 11 is 0. The molecule has 2 rings (SSSR count). The summed E-state index contributed by atoms with van der Waals surface area (Å²) < 4.78 is 5.62. The van der Waals surface area contributed by atoms with Crippen molar-refractivity contribution in [2.75, 3.05) is 0 Å². The van der Waals surface area contributed by atoms with E-state index in [1.807, 2.05) is 42.5 Å². The molecule has 0 N–H and O–H groups in total. The fourth-order valence-electron chi connectivity index (χ4n) is 2.25. The van der Waals surface area contributed by atoms with Gasteiger partial charge in [0, 0.05) is 6.20 Å². The van der Waals surface area contributed by atoms with Gasteiger partial charge in [0.25, 0.3) is 0 Å². The highest BCUT2D eigenvalue weighted by atomic mass is 16.5. The van der Waals surface area contributed by atoms with Crippen LogP contribution in [0.5, 0.6) is 0 Å². The molecule has 0 aliphatic rings. The zero-order valence-corrected chi connectivity index (χ0v) is 13.5. The zero-order chi connectivity index (χ0) is 16.3. The standard InChI is InChI=1S/C20H23NO2/c1-2-3-5-12-18(15-14-17-10-6-4-7-11-17)23-20(22)19-13-8-9-16-21-19/h4,6-11,13-16,18H,2-3,5,12H2,1H3/b15-14+. The maximum Gasteiger partial charge on any atom is 0.357 e. The van der Waals surface area contributed by atoms with Gasteiger partial charge < -0.3 is 4.74 Å².